The van der Waals surface area contributed by atoms with Crippen LogP contribution in [0.3, 0.4) is 0 Å². The fourth-order valence-corrected chi connectivity index (χ4v) is 4.14. The molecule has 0 spiro atoms. The zero-order chi connectivity index (χ0) is 12.5. The van der Waals surface area contributed by atoms with Crippen molar-refractivity contribution in [3.8, 4) is 0 Å². The Bertz CT molecular complexity index is 492. The van der Waals surface area contributed by atoms with Crippen LogP contribution in [0.2, 0.25) is 10.0 Å². The van der Waals surface area contributed by atoms with E-state index in [2.05, 4.69) is 0 Å². The summed E-state index contributed by atoms with van der Waals surface area (Å²) in [6, 6.07) is 4.64. The summed E-state index contributed by atoms with van der Waals surface area (Å²) < 4.78 is 31.1. The SMILES string of the molecule is O=S(=O)(c1c(Cl)cccc1Cl)N1CCOCC1. The number of sulfonamides is 1. The summed E-state index contributed by atoms with van der Waals surface area (Å²) in [7, 11) is -3.63. The molecule has 0 radical (unpaired) electrons. The molecule has 4 nitrogen and oxygen atoms in total. The number of benzene rings is 1. The number of halogens is 2. The fourth-order valence-electron chi connectivity index (χ4n) is 1.65. The minimum Gasteiger partial charge on any atom is -0.379 e. The molecule has 0 atom stereocenters. The van der Waals surface area contributed by atoms with Crippen molar-refractivity contribution in [3.05, 3.63) is 28.2 Å². The molecule has 0 amide bonds. The highest BCUT2D eigenvalue weighted by Gasteiger charge is 2.30. The van der Waals surface area contributed by atoms with E-state index in [0.29, 0.717) is 26.3 Å². The topological polar surface area (TPSA) is 46.6 Å². The van der Waals surface area contributed by atoms with Gasteiger partial charge in [-0.3, -0.25) is 0 Å². The highest BCUT2D eigenvalue weighted by molar-refractivity contribution is 7.89. The van der Waals surface area contributed by atoms with Crippen molar-refractivity contribution in [1.29, 1.82) is 0 Å². The lowest BCUT2D eigenvalue weighted by Gasteiger charge is -2.26. The van der Waals surface area contributed by atoms with Crippen molar-refractivity contribution < 1.29 is 13.2 Å². The third kappa shape index (κ3) is 2.58. The molecule has 1 aliphatic rings. The molecule has 7 heteroatoms. The fraction of sp³-hybridized carbons (Fsp3) is 0.400. The van der Waals surface area contributed by atoms with Crippen LogP contribution in [0.4, 0.5) is 0 Å². The Morgan fingerprint density at radius 2 is 1.65 bits per heavy atom. The summed E-state index contributed by atoms with van der Waals surface area (Å²) in [6.45, 7) is 1.43. The maximum Gasteiger partial charge on any atom is 0.246 e. The first-order valence-electron chi connectivity index (χ1n) is 5.05. The lowest BCUT2D eigenvalue weighted by molar-refractivity contribution is 0.0730. The first-order chi connectivity index (χ1) is 8.03. The van der Waals surface area contributed by atoms with Gasteiger partial charge in [-0.25, -0.2) is 8.42 Å². The first kappa shape index (κ1) is 13.1. The number of ether oxygens (including phenoxy) is 1. The van der Waals surface area contributed by atoms with Gasteiger partial charge in [-0.05, 0) is 12.1 Å². The number of rotatable bonds is 2. The van der Waals surface area contributed by atoms with Gasteiger partial charge in [0.05, 0.1) is 23.3 Å². The lowest BCUT2D eigenvalue weighted by atomic mass is 10.4. The van der Waals surface area contributed by atoms with E-state index in [4.69, 9.17) is 27.9 Å². The van der Waals surface area contributed by atoms with E-state index in [1.165, 1.54) is 16.4 Å². The largest absolute Gasteiger partial charge is 0.379 e. The molecule has 0 saturated carbocycles. The van der Waals surface area contributed by atoms with Crippen LogP contribution >= 0.6 is 23.2 Å². The van der Waals surface area contributed by atoms with Crippen LogP contribution in [0.5, 0.6) is 0 Å². The third-order valence-corrected chi connectivity index (χ3v) is 5.34. The van der Waals surface area contributed by atoms with E-state index in [1.807, 2.05) is 0 Å². The Kier molecular flexibility index (Phi) is 3.95. The average Bonchev–Trinajstić information content (AvgIpc) is 2.29. The van der Waals surface area contributed by atoms with Crippen molar-refractivity contribution in [3.63, 3.8) is 0 Å². The van der Waals surface area contributed by atoms with Gasteiger partial charge in [0.1, 0.15) is 4.90 Å². The highest BCUT2D eigenvalue weighted by atomic mass is 35.5. The molecular weight excluding hydrogens is 285 g/mol. The Morgan fingerprint density at radius 3 is 2.18 bits per heavy atom. The van der Waals surface area contributed by atoms with Crippen molar-refractivity contribution in [2.75, 3.05) is 26.3 Å². The van der Waals surface area contributed by atoms with Gasteiger partial charge in [-0.1, -0.05) is 29.3 Å². The molecule has 1 fully saturated rings. The number of hydrogen-bond acceptors (Lipinski definition) is 3. The molecule has 1 aromatic carbocycles. The second kappa shape index (κ2) is 5.12. The third-order valence-electron chi connectivity index (χ3n) is 2.49. The van der Waals surface area contributed by atoms with E-state index in [9.17, 15) is 8.42 Å². The van der Waals surface area contributed by atoms with Gasteiger partial charge in [-0.15, -0.1) is 0 Å². The molecule has 0 aliphatic carbocycles. The predicted molar refractivity (Wildman–Crippen MR) is 66.0 cm³/mol. The first-order valence-corrected chi connectivity index (χ1v) is 7.25. The predicted octanol–water partition coefficient (Wildman–Crippen LogP) is 2.01. The molecule has 0 aromatic heterocycles. The van der Waals surface area contributed by atoms with Gasteiger partial charge in [0.25, 0.3) is 0 Å². The molecular formula is C10H11Cl2NO3S. The van der Waals surface area contributed by atoms with Crippen LogP contribution in [-0.4, -0.2) is 39.0 Å². The molecule has 0 bridgehead atoms. The number of morpholine rings is 1. The van der Waals surface area contributed by atoms with Crippen LogP contribution in [0.25, 0.3) is 0 Å². The minimum absolute atomic E-state index is 0.0229. The highest BCUT2D eigenvalue weighted by Crippen LogP contribution is 2.31. The smallest absolute Gasteiger partial charge is 0.246 e. The van der Waals surface area contributed by atoms with Gasteiger partial charge < -0.3 is 4.74 Å². The monoisotopic (exact) mass is 295 g/mol. The molecule has 0 unspecified atom stereocenters. The van der Waals surface area contributed by atoms with E-state index in [1.54, 1.807) is 6.07 Å². The van der Waals surface area contributed by atoms with Gasteiger partial charge >= 0.3 is 0 Å². The molecule has 17 heavy (non-hydrogen) atoms. The van der Waals surface area contributed by atoms with Crippen LogP contribution < -0.4 is 0 Å². The average molecular weight is 296 g/mol. The Morgan fingerprint density at radius 1 is 1.12 bits per heavy atom. The van der Waals surface area contributed by atoms with Gasteiger partial charge in [-0.2, -0.15) is 4.31 Å². The van der Waals surface area contributed by atoms with Crippen molar-refractivity contribution >= 4 is 33.2 Å². The van der Waals surface area contributed by atoms with E-state index in [-0.39, 0.29) is 14.9 Å². The molecule has 1 aliphatic heterocycles. The summed E-state index contributed by atoms with van der Waals surface area (Å²) >= 11 is 11.8. The molecule has 1 saturated heterocycles. The molecule has 0 N–H and O–H groups in total. The molecule has 1 aromatic rings. The van der Waals surface area contributed by atoms with Gasteiger partial charge in [0, 0.05) is 13.1 Å². The molecule has 2 rings (SSSR count). The Balaban J connectivity index is 2.44. The zero-order valence-electron chi connectivity index (χ0n) is 8.90. The van der Waals surface area contributed by atoms with Crippen molar-refractivity contribution in [1.82, 2.24) is 4.31 Å². The second-order valence-electron chi connectivity index (χ2n) is 3.57. The van der Waals surface area contributed by atoms with Crippen LogP contribution in [0, 0.1) is 0 Å². The van der Waals surface area contributed by atoms with Gasteiger partial charge in [0.2, 0.25) is 10.0 Å². The van der Waals surface area contributed by atoms with E-state index in [0.717, 1.165) is 0 Å². The lowest BCUT2D eigenvalue weighted by Crippen LogP contribution is -2.40. The quantitative estimate of drug-likeness (QED) is 0.838. The summed E-state index contributed by atoms with van der Waals surface area (Å²) in [5.74, 6) is 0. The van der Waals surface area contributed by atoms with Crippen molar-refractivity contribution in [2.45, 2.75) is 4.90 Å². The van der Waals surface area contributed by atoms with E-state index >= 15 is 0 Å². The molecule has 94 valence electrons. The Hall–Kier alpha value is -0.330. The van der Waals surface area contributed by atoms with Crippen molar-refractivity contribution in [2.24, 2.45) is 0 Å². The van der Waals surface area contributed by atoms with Crippen LogP contribution in [0.15, 0.2) is 23.1 Å². The maximum atomic E-state index is 12.3. The standard InChI is InChI=1S/C10H11Cl2NO3S/c11-8-2-1-3-9(12)10(8)17(14,15)13-4-6-16-7-5-13/h1-3H,4-7H2. The summed E-state index contributed by atoms with van der Waals surface area (Å²) in [5.41, 5.74) is 0. The van der Waals surface area contributed by atoms with E-state index < -0.39 is 10.0 Å². The summed E-state index contributed by atoms with van der Waals surface area (Å²) in [6.07, 6.45) is 0. The normalized spacial score (nSPS) is 18.2. The maximum absolute atomic E-state index is 12.3. The number of nitrogens with zero attached hydrogens (tertiary/aromatic N) is 1. The minimum atomic E-state index is -3.63. The second-order valence-corrected chi connectivity index (χ2v) is 6.26. The number of hydrogen-bond donors (Lipinski definition) is 0. The summed E-state index contributed by atoms with van der Waals surface area (Å²) in [4.78, 5) is -0.0229. The summed E-state index contributed by atoms with van der Waals surface area (Å²) in [5, 5.41) is 0.285. The van der Waals surface area contributed by atoms with Gasteiger partial charge in [0.15, 0.2) is 0 Å². The molecule has 1 heterocycles. The van der Waals surface area contributed by atoms with Crippen LogP contribution in [0.1, 0.15) is 0 Å². The Labute approximate surface area is 110 Å². The van der Waals surface area contributed by atoms with Crippen LogP contribution in [-0.2, 0) is 14.8 Å². The zero-order valence-corrected chi connectivity index (χ0v) is 11.2.